The number of esters is 1. The Bertz CT molecular complexity index is 789. The molecule has 130 valence electrons. The van der Waals surface area contributed by atoms with Crippen molar-refractivity contribution in [2.45, 2.75) is 51.5 Å². The Morgan fingerprint density at radius 3 is 2.75 bits per heavy atom. The zero-order valence-electron chi connectivity index (χ0n) is 14.0. The molecule has 2 heterocycles. The molecule has 8 heteroatoms. The first-order valence-electron chi connectivity index (χ1n) is 8.34. The van der Waals surface area contributed by atoms with Crippen LogP contribution in [0.1, 0.15) is 50.8 Å². The van der Waals surface area contributed by atoms with Crippen molar-refractivity contribution in [3.05, 3.63) is 16.2 Å². The van der Waals surface area contributed by atoms with Crippen LogP contribution in [0.5, 0.6) is 6.01 Å². The van der Waals surface area contributed by atoms with Crippen molar-refractivity contribution in [1.29, 1.82) is 0 Å². The minimum Gasteiger partial charge on any atom is -0.466 e. The topological polar surface area (TPSA) is 99.1 Å². The number of carbonyl (C=O) groups excluding carboxylic acids is 1. The summed E-state index contributed by atoms with van der Waals surface area (Å²) in [6, 6.07) is 0.101. The number of H-pyrrole nitrogens is 1. The number of aromatic amines is 1. The maximum Gasteiger partial charge on any atom is 0.344 e. The van der Waals surface area contributed by atoms with E-state index in [0.29, 0.717) is 23.6 Å². The first kappa shape index (κ1) is 16.5. The van der Waals surface area contributed by atoms with Gasteiger partial charge in [0.1, 0.15) is 5.82 Å². The molecular weight excluding hydrogens is 312 g/mol. The average molecular weight is 334 g/mol. The molecule has 2 aromatic heterocycles. The van der Waals surface area contributed by atoms with E-state index in [9.17, 15) is 9.59 Å². The van der Waals surface area contributed by atoms with E-state index >= 15 is 0 Å². The SMILES string of the molecule is CCCn1c(OCC(=O)OC)nc2nc(C3CCCC3)[nH]c2c1=O. The van der Waals surface area contributed by atoms with Gasteiger partial charge in [-0.15, -0.1) is 0 Å². The van der Waals surface area contributed by atoms with Crippen LogP contribution in [-0.4, -0.2) is 39.2 Å². The summed E-state index contributed by atoms with van der Waals surface area (Å²) in [5.74, 6) is 0.652. The van der Waals surface area contributed by atoms with E-state index in [0.717, 1.165) is 25.1 Å². The molecule has 1 aliphatic carbocycles. The van der Waals surface area contributed by atoms with Crippen LogP contribution in [0.4, 0.5) is 0 Å². The number of imidazole rings is 1. The first-order valence-corrected chi connectivity index (χ1v) is 8.34. The molecule has 1 N–H and O–H groups in total. The maximum absolute atomic E-state index is 12.7. The second-order valence-corrected chi connectivity index (χ2v) is 6.02. The highest BCUT2D eigenvalue weighted by Gasteiger charge is 2.23. The molecule has 0 aromatic carbocycles. The van der Waals surface area contributed by atoms with Gasteiger partial charge < -0.3 is 14.5 Å². The van der Waals surface area contributed by atoms with Crippen LogP contribution in [0.25, 0.3) is 11.2 Å². The number of methoxy groups -OCH3 is 1. The third-order valence-corrected chi connectivity index (χ3v) is 4.33. The summed E-state index contributed by atoms with van der Waals surface area (Å²) in [7, 11) is 1.28. The minimum absolute atomic E-state index is 0.101. The normalized spacial score (nSPS) is 15.1. The summed E-state index contributed by atoms with van der Waals surface area (Å²) in [5, 5.41) is 0. The van der Waals surface area contributed by atoms with Crippen LogP contribution in [0.2, 0.25) is 0 Å². The van der Waals surface area contributed by atoms with Crippen LogP contribution >= 0.6 is 0 Å². The predicted molar refractivity (Wildman–Crippen MR) is 87.2 cm³/mol. The maximum atomic E-state index is 12.7. The number of carbonyl (C=O) groups is 1. The number of ether oxygens (including phenoxy) is 2. The fourth-order valence-corrected chi connectivity index (χ4v) is 3.09. The first-order chi connectivity index (χ1) is 11.6. The lowest BCUT2D eigenvalue weighted by atomic mass is 10.1. The highest BCUT2D eigenvalue weighted by Crippen LogP contribution is 2.32. The minimum atomic E-state index is -0.527. The smallest absolute Gasteiger partial charge is 0.344 e. The third-order valence-electron chi connectivity index (χ3n) is 4.33. The molecule has 3 rings (SSSR count). The number of fused-ring (bicyclic) bond motifs is 1. The van der Waals surface area contributed by atoms with Gasteiger partial charge in [-0.3, -0.25) is 9.36 Å². The Kier molecular flexibility index (Phi) is 4.82. The van der Waals surface area contributed by atoms with Gasteiger partial charge in [-0.1, -0.05) is 19.8 Å². The number of rotatable bonds is 6. The van der Waals surface area contributed by atoms with Crippen molar-refractivity contribution in [3.8, 4) is 6.01 Å². The lowest BCUT2D eigenvalue weighted by Crippen LogP contribution is -2.25. The van der Waals surface area contributed by atoms with E-state index in [1.54, 1.807) is 0 Å². The van der Waals surface area contributed by atoms with Crippen molar-refractivity contribution in [2.75, 3.05) is 13.7 Å². The van der Waals surface area contributed by atoms with Gasteiger partial charge >= 0.3 is 12.0 Å². The molecule has 0 amide bonds. The number of nitrogens with one attached hydrogen (secondary N) is 1. The van der Waals surface area contributed by atoms with Gasteiger partial charge in [0.05, 0.1) is 7.11 Å². The van der Waals surface area contributed by atoms with Crippen LogP contribution in [0.15, 0.2) is 4.79 Å². The Labute approximate surface area is 139 Å². The summed E-state index contributed by atoms with van der Waals surface area (Å²) >= 11 is 0. The van der Waals surface area contributed by atoms with Gasteiger partial charge in [0.25, 0.3) is 5.56 Å². The zero-order chi connectivity index (χ0) is 17.1. The summed E-state index contributed by atoms with van der Waals surface area (Å²) < 4.78 is 11.4. The Hall–Kier alpha value is -2.38. The fraction of sp³-hybridized carbons (Fsp3) is 0.625. The average Bonchev–Trinajstić information content (AvgIpc) is 3.24. The molecule has 1 fully saturated rings. The number of aromatic nitrogens is 4. The van der Waals surface area contributed by atoms with Crippen LogP contribution in [0.3, 0.4) is 0 Å². The quantitative estimate of drug-likeness (QED) is 0.808. The van der Waals surface area contributed by atoms with Gasteiger partial charge in [0.15, 0.2) is 17.8 Å². The molecule has 0 saturated heterocycles. The van der Waals surface area contributed by atoms with E-state index in [1.807, 2.05) is 6.92 Å². The van der Waals surface area contributed by atoms with Crippen LogP contribution in [0, 0.1) is 0 Å². The van der Waals surface area contributed by atoms with E-state index in [1.165, 1.54) is 24.5 Å². The highest BCUT2D eigenvalue weighted by molar-refractivity contribution is 5.71. The van der Waals surface area contributed by atoms with Crippen molar-refractivity contribution in [1.82, 2.24) is 19.5 Å². The van der Waals surface area contributed by atoms with E-state index in [-0.39, 0.29) is 18.2 Å². The summed E-state index contributed by atoms with van der Waals surface area (Å²) in [6.45, 7) is 2.12. The molecule has 2 aromatic rings. The number of nitrogens with zero attached hydrogens (tertiary/aromatic N) is 3. The van der Waals surface area contributed by atoms with Crippen molar-refractivity contribution >= 4 is 17.1 Å². The predicted octanol–water partition coefficient (Wildman–Crippen LogP) is 1.74. The fourth-order valence-electron chi connectivity index (χ4n) is 3.09. The standard InChI is InChI=1S/C16H22N4O4/c1-3-8-20-15(22)12-14(19-16(20)24-9-11(21)23-2)18-13(17-12)10-6-4-5-7-10/h10H,3-9H2,1-2H3,(H,17,18). The van der Waals surface area contributed by atoms with E-state index in [4.69, 9.17) is 4.74 Å². The molecule has 0 atom stereocenters. The van der Waals surface area contributed by atoms with Gasteiger partial charge in [-0.2, -0.15) is 4.98 Å². The largest absolute Gasteiger partial charge is 0.466 e. The van der Waals surface area contributed by atoms with Crippen molar-refractivity contribution in [2.24, 2.45) is 0 Å². The lowest BCUT2D eigenvalue weighted by Gasteiger charge is -2.10. The molecule has 0 unspecified atom stereocenters. The number of hydrogen-bond acceptors (Lipinski definition) is 6. The monoisotopic (exact) mass is 334 g/mol. The molecule has 0 bridgehead atoms. The van der Waals surface area contributed by atoms with E-state index in [2.05, 4.69) is 19.7 Å². The van der Waals surface area contributed by atoms with Gasteiger partial charge in [0, 0.05) is 12.5 Å². The molecule has 24 heavy (non-hydrogen) atoms. The summed E-state index contributed by atoms with van der Waals surface area (Å²) in [6.07, 6.45) is 5.26. The van der Waals surface area contributed by atoms with E-state index < -0.39 is 5.97 Å². The van der Waals surface area contributed by atoms with Crippen LogP contribution < -0.4 is 10.3 Å². The molecule has 8 nitrogen and oxygen atoms in total. The highest BCUT2D eigenvalue weighted by atomic mass is 16.6. The van der Waals surface area contributed by atoms with Gasteiger partial charge in [-0.25, -0.2) is 9.78 Å². The van der Waals surface area contributed by atoms with Gasteiger partial charge in [0.2, 0.25) is 0 Å². The summed E-state index contributed by atoms with van der Waals surface area (Å²) in [5.41, 5.74) is 0.517. The third kappa shape index (κ3) is 3.13. The molecule has 0 aliphatic heterocycles. The van der Waals surface area contributed by atoms with Gasteiger partial charge in [-0.05, 0) is 19.3 Å². The zero-order valence-corrected chi connectivity index (χ0v) is 14.0. The second-order valence-electron chi connectivity index (χ2n) is 6.02. The molecule has 1 saturated carbocycles. The number of hydrogen-bond donors (Lipinski definition) is 1. The summed E-state index contributed by atoms with van der Waals surface area (Å²) in [4.78, 5) is 36.0. The van der Waals surface area contributed by atoms with Crippen molar-refractivity contribution < 1.29 is 14.3 Å². The molecule has 0 spiro atoms. The Morgan fingerprint density at radius 1 is 1.33 bits per heavy atom. The molecule has 0 radical (unpaired) electrons. The van der Waals surface area contributed by atoms with Crippen LogP contribution in [-0.2, 0) is 16.1 Å². The molecular formula is C16H22N4O4. The lowest BCUT2D eigenvalue weighted by molar-refractivity contribution is -0.143. The Balaban J connectivity index is 2.00. The molecule has 1 aliphatic rings. The Morgan fingerprint density at radius 2 is 2.08 bits per heavy atom. The van der Waals surface area contributed by atoms with Crippen molar-refractivity contribution in [3.63, 3.8) is 0 Å². The second kappa shape index (κ2) is 7.02.